The molecule has 2 heterocycles. The van der Waals surface area contributed by atoms with Crippen molar-refractivity contribution >= 4 is 23.0 Å². The molecule has 0 spiro atoms. The van der Waals surface area contributed by atoms with Crippen LogP contribution in [0.3, 0.4) is 0 Å². The zero-order chi connectivity index (χ0) is 19.5. The monoisotopic (exact) mass is 375 g/mol. The van der Waals surface area contributed by atoms with Gasteiger partial charge in [-0.3, -0.25) is 10.1 Å². The molecular formula is C21H21N5O2. The van der Waals surface area contributed by atoms with Crippen molar-refractivity contribution in [3.63, 3.8) is 0 Å². The summed E-state index contributed by atoms with van der Waals surface area (Å²) in [4.78, 5) is 22.0. The van der Waals surface area contributed by atoms with Crippen LogP contribution in [0.25, 0.3) is 0 Å². The van der Waals surface area contributed by atoms with Gasteiger partial charge in [0.05, 0.1) is 11.0 Å². The van der Waals surface area contributed by atoms with E-state index in [1.807, 2.05) is 60.4 Å². The summed E-state index contributed by atoms with van der Waals surface area (Å²) in [5.74, 6) is 0.560. The number of nitrogens with one attached hydrogen (secondary N) is 1. The van der Waals surface area contributed by atoms with Crippen molar-refractivity contribution in [2.24, 2.45) is 0 Å². The Hall–Kier alpha value is -3.48. The van der Waals surface area contributed by atoms with Crippen LogP contribution in [0.4, 0.5) is 23.0 Å². The van der Waals surface area contributed by atoms with Gasteiger partial charge in [-0.05, 0) is 37.0 Å². The van der Waals surface area contributed by atoms with E-state index in [0.717, 1.165) is 24.1 Å². The van der Waals surface area contributed by atoms with Gasteiger partial charge in [0.15, 0.2) is 0 Å². The third kappa shape index (κ3) is 3.38. The lowest BCUT2D eigenvalue weighted by Crippen LogP contribution is -2.26. The number of benzene rings is 2. The van der Waals surface area contributed by atoms with Crippen molar-refractivity contribution in [1.29, 1.82) is 0 Å². The minimum atomic E-state index is -0.396. The molecule has 7 nitrogen and oxygen atoms in total. The Morgan fingerprint density at radius 1 is 1.11 bits per heavy atom. The fourth-order valence-electron chi connectivity index (χ4n) is 3.62. The topological polar surface area (TPSA) is 84.2 Å². The molecule has 7 heteroatoms. The molecular weight excluding hydrogens is 354 g/mol. The third-order valence-electron chi connectivity index (χ3n) is 5.00. The van der Waals surface area contributed by atoms with E-state index < -0.39 is 4.92 Å². The van der Waals surface area contributed by atoms with Gasteiger partial charge in [0.2, 0.25) is 11.6 Å². The summed E-state index contributed by atoms with van der Waals surface area (Å²) in [7, 11) is 0. The van der Waals surface area contributed by atoms with Gasteiger partial charge in [0.25, 0.3) is 0 Å². The molecule has 0 amide bonds. The molecule has 0 radical (unpaired) electrons. The third-order valence-corrected chi connectivity index (χ3v) is 5.00. The minimum Gasteiger partial charge on any atom is -0.358 e. The lowest BCUT2D eigenvalue weighted by Gasteiger charge is -2.30. The molecule has 1 aromatic heterocycles. The van der Waals surface area contributed by atoms with Crippen molar-refractivity contribution in [2.75, 3.05) is 16.8 Å². The Bertz CT molecular complexity index is 993. The number of rotatable bonds is 5. The molecule has 1 aliphatic heterocycles. The predicted molar refractivity (Wildman–Crippen MR) is 109 cm³/mol. The minimum absolute atomic E-state index is 0.0954. The molecule has 0 aliphatic carbocycles. The number of aromatic nitrogens is 2. The van der Waals surface area contributed by atoms with E-state index >= 15 is 0 Å². The Labute approximate surface area is 163 Å². The predicted octanol–water partition coefficient (Wildman–Crippen LogP) is 4.64. The van der Waals surface area contributed by atoms with E-state index in [1.54, 1.807) is 0 Å². The fraction of sp³-hybridized carbons (Fsp3) is 0.238. The van der Waals surface area contributed by atoms with Crippen LogP contribution in [-0.4, -0.2) is 21.4 Å². The van der Waals surface area contributed by atoms with Crippen LogP contribution in [0, 0.1) is 10.1 Å². The first kappa shape index (κ1) is 17.9. The highest BCUT2D eigenvalue weighted by Gasteiger charge is 2.30. The second kappa shape index (κ2) is 7.64. The Kier molecular flexibility index (Phi) is 4.89. The highest BCUT2D eigenvalue weighted by atomic mass is 16.6. The van der Waals surface area contributed by atoms with E-state index in [0.29, 0.717) is 12.4 Å². The molecule has 0 bridgehead atoms. The van der Waals surface area contributed by atoms with Crippen molar-refractivity contribution < 1.29 is 4.92 Å². The van der Waals surface area contributed by atoms with E-state index in [2.05, 4.69) is 21.4 Å². The van der Waals surface area contributed by atoms with Crippen molar-refractivity contribution in [1.82, 2.24) is 9.97 Å². The first-order valence-corrected chi connectivity index (χ1v) is 9.31. The van der Waals surface area contributed by atoms with Gasteiger partial charge >= 0.3 is 5.69 Å². The van der Waals surface area contributed by atoms with Gasteiger partial charge in [0, 0.05) is 12.2 Å². The largest absolute Gasteiger partial charge is 0.358 e. The summed E-state index contributed by atoms with van der Waals surface area (Å²) in [5.41, 5.74) is 3.08. The summed E-state index contributed by atoms with van der Waals surface area (Å²) in [6.45, 7) is 2.64. The maximum Gasteiger partial charge on any atom is 0.353 e. The summed E-state index contributed by atoms with van der Waals surface area (Å²) in [5, 5.41) is 15.2. The number of nitrogens with zero attached hydrogens (tertiary/aromatic N) is 4. The van der Waals surface area contributed by atoms with Crippen LogP contribution in [0.1, 0.15) is 30.5 Å². The average Bonchev–Trinajstić information content (AvgIpc) is 2.73. The summed E-state index contributed by atoms with van der Waals surface area (Å²) >= 11 is 0. The smallest absolute Gasteiger partial charge is 0.353 e. The van der Waals surface area contributed by atoms with Crippen LogP contribution >= 0.6 is 0 Å². The van der Waals surface area contributed by atoms with Gasteiger partial charge in [0.1, 0.15) is 6.33 Å². The van der Waals surface area contributed by atoms with Gasteiger partial charge in [-0.1, -0.05) is 48.5 Å². The summed E-state index contributed by atoms with van der Waals surface area (Å²) in [6.07, 6.45) is 3.27. The number of anilines is 3. The van der Waals surface area contributed by atoms with Crippen molar-refractivity contribution in [2.45, 2.75) is 25.8 Å². The normalized spacial score (nSPS) is 14.2. The molecule has 3 aromatic rings. The number of hydrogen-bond donors (Lipinski definition) is 1. The second-order valence-corrected chi connectivity index (χ2v) is 6.81. The standard InChI is InChI=1S/C21H21N5O2/c1-15(16-8-3-2-4-9-16)24-20-19(26(27)28)21(23-14-22-20)25-13-7-11-17-10-5-6-12-18(17)25/h2-6,8-10,12,14-15H,7,11,13H2,1H3,(H,22,23,24). The van der Waals surface area contributed by atoms with Crippen LogP contribution in [0.15, 0.2) is 60.9 Å². The van der Waals surface area contributed by atoms with Gasteiger partial charge < -0.3 is 10.2 Å². The number of fused-ring (bicyclic) bond motifs is 1. The molecule has 2 aromatic carbocycles. The number of hydrogen-bond acceptors (Lipinski definition) is 6. The summed E-state index contributed by atoms with van der Waals surface area (Å²) < 4.78 is 0. The molecule has 28 heavy (non-hydrogen) atoms. The SMILES string of the molecule is CC(Nc1ncnc(N2CCCc3ccccc32)c1[N+](=O)[O-])c1ccccc1. The molecule has 0 saturated heterocycles. The van der Waals surface area contributed by atoms with Crippen molar-refractivity contribution in [3.05, 3.63) is 82.2 Å². The maximum absolute atomic E-state index is 12.0. The lowest BCUT2D eigenvalue weighted by molar-refractivity contribution is -0.383. The molecule has 1 atom stereocenters. The highest BCUT2D eigenvalue weighted by molar-refractivity contribution is 5.77. The first-order chi connectivity index (χ1) is 13.6. The van der Waals surface area contributed by atoms with Crippen LogP contribution in [-0.2, 0) is 6.42 Å². The molecule has 1 N–H and O–H groups in total. The number of nitro groups is 1. The Morgan fingerprint density at radius 3 is 2.64 bits per heavy atom. The lowest BCUT2D eigenvalue weighted by atomic mass is 10.0. The second-order valence-electron chi connectivity index (χ2n) is 6.81. The molecule has 1 aliphatic rings. The van der Waals surface area contributed by atoms with E-state index in [9.17, 15) is 10.1 Å². The molecule has 0 saturated carbocycles. The molecule has 1 unspecified atom stereocenters. The molecule has 142 valence electrons. The van der Waals surface area contributed by atoms with Gasteiger partial charge in [-0.15, -0.1) is 0 Å². The Morgan fingerprint density at radius 2 is 1.86 bits per heavy atom. The maximum atomic E-state index is 12.0. The summed E-state index contributed by atoms with van der Waals surface area (Å²) in [6, 6.07) is 17.6. The highest BCUT2D eigenvalue weighted by Crippen LogP contribution is 2.40. The number of aryl methyl sites for hydroxylation is 1. The Balaban J connectivity index is 1.74. The van der Waals surface area contributed by atoms with Crippen LogP contribution < -0.4 is 10.2 Å². The zero-order valence-corrected chi connectivity index (χ0v) is 15.6. The van der Waals surface area contributed by atoms with Crippen LogP contribution in [0.5, 0.6) is 0 Å². The quantitative estimate of drug-likeness (QED) is 0.516. The molecule has 4 rings (SSSR count). The zero-order valence-electron chi connectivity index (χ0n) is 15.6. The van der Waals surface area contributed by atoms with Gasteiger partial charge in [-0.2, -0.15) is 0 Å². The number of para-hydroxylation sites is 1. The first-order valence-electron chi connectivity index (χ1n) is 9.31. The average molecular weight is 375 g/mol. The molecule has 0 fully saturated rings. The fourth-order valence-corrected chi connectivity index (χ4v) is 3.62. The van der Waals surface area contributed by atoms with E-state index in [1.165, 1.54) is 11.9 Å². The van der Waals surface area contributed by atoms with Gasteiger partial charge in [-0.25, -0.2) is 9.97 Å². The van der Waals surface area contributed by atoms with E-state index in [-0.39, 0.29) is 17.5 Å². The van der Waals surface area contributed by atoms with Crippen molar-refractivity contribution in [3.8, 4) is 0 Å². The van der Waals surface area contributed by atoms with E-state index in [4.69, 9.17) is 0 Å². The van der Waals surface area contributed by atoms with Crippen LogP contribution in [0.2, 0.25) is 0 Å².